The van der Waals surface area contributed by atoms with Gasteiger partial charge in [0.1, 0.15) is 0 Å². The molecule has 0 fully saturated rings. The topological polar surface area (TPSA) is 32.6 Å². The lowest BCUT2D eigenvalue weighted by Gasteiger charge is -1.83. The van der Waals surface area contributed by atoms with Crippen molar-refractivity contribution in [3.63, 3.8) is 0 Å². The van der Waals surface area contributed by atoms with Crippen LogP contribution < -0.4 is 0 Å². The smallest absolute Gasteiger partial charge is 0.0998 e. The molecule has 0 unspecified atom stereocenters. The highest BCUT2D eigenvalue weighted by Gasteiger charge is 1.82. The van der Waals surface area contributed by atoms with Crippen molar-refractivity contribution >= 4 is 14.9 Å². The third kappa shape index (κ3) is 3.25. The Morgan fingerprint density at radius 3 is 2.71 bits per heavy atom. The molecule has 7 heavy (non-hydrogen) atoms. The van der Waals surface area contributed by atoms with Crippen molar-refractivity contribution in [2.45, 2.75) is 6.92 Å². The molecular weight excluding hydrogens is 106 g/mol. The van der Waals surface area contributed by atoms with Gasteiger partial charge in [0, 0.05) is 5.33 Å². The summed E-state index contributed by atoms with van der Waals surface area (Å²) in [6.07, 6.45) is 0. The zero-order valence-corrected chi connectivity index (χ0v) is 5.80. The molecule has 0 saturated heterocycles. The fourth-order valence-corrected chi connectivity index (χ4v) is 0.749. The van der Waals surface area contributed by atoms with Gasteiger partial charge in [-0.05, 0) is 6.92 Å². The molecule has 0 bridgehead atoms. The van der Waals surface area contributed by atoms with E-state index < -0.39 is 9.52 Å². The molecule has 0 aromatic carbocycles. The Kier molecular flexibility index (Phi) is 3.32. The highest BCUT2D eigenvalue weighted by Crippen LogP contribution is 1.69. The van der Waals surface area contributed by atoms with Gasteiger partial charge in [-0.25, -0.2) is 0 Å². The first-order chi connectivity index (χ1) is 3.31. The van der Waals surface area contributed by atoms with Gasteiger partial charge in [-0.1, -0.05) is 0 Å². The number of hydrogen-bond donors (Lipinski definition) is 1. The van der Waals surface area contributed by atoms with Crippen LogP contribution in [-0.4, -0.2) is 20.1 Å². The molecule has 0 aliphatic heterocycles. The Morgan fingerprint density at radius 1 is 2.00 bits per heavy atom. The molecular formula is C4H9NOSi. The minimum Gasteiger partial charge on any atom is -0.411 e. The van der Waals surface area contributed by atoms with Crippen molar-refractivity contribution in [2.24, 2.45) is 5.16 Å². The van der Waals surface area contributed by atoms with Crippen molar-refractivity contribution in [3.05, 3.63) is 12.3 Å². The van der Waals surface area contributed by atoms with Gasteiger partial charge in [0.05, 0.1) is 9.52 Å². The lowest BCUT2D eigenvalue weighted by molar-refractivity contribution is 0.320. The zero-order valence-electron chi connectivity index (χ0n) is 4.39. The average Bonchev–Trinajstić information content (AvgIpc) is 1.68. The summed E-state index contributed by atoms with van der Waals surface area (Å²) in [5.74, 6) is 0. The molecule has 0 aromatic heterocycles. The fraction of sp³-hybridized carbons (Fsp3) is 0.250. The maximum atomic E-state index is 8.04. The van der Waals surface area contributed by atoms with Gasteiger partial charge in [0.2, 0.25) is 0 Å². The molecule has 40 valence electrons. The van der Waals surface area contributed by atoms with Crippen molar-refractivity contribution in [1.29, 1.82) is 0 Å². The van der Waals surface area contributed by atoms with E-state index in [1.165, 1.54) is 0 Å². The van der Waals surface area contributed by atoms with E-state index in [4.69, 9.17) is 5.21 Å². The maximum absolute atomic E-state index is 8.04. The Hall–Kier alpha value is -0.573. The second-order valence-corrected chi connectivity index (χ2v) is 3.34. The van der Waals surface area contributed by atoms with Crippen LogP contribution >= 0.6 is 0 Å². The van der Waals surface area contributed by atoms with Crippen LogP contribution in [-0.2, 0) is 0 Å². The number of rotatable bonds is 2. The number of hydrogen-bond acceptors (Lipinski definition) is 2. The Labute approximate surface area is 45.4 Å². The molecule has 1 N–H and O–H groups in total. The highest BCUT2D eigenvalue weighted by molar-refractivity contribution is 6.78. The molecule has 0 aromatic rings. The summed E-state index contributed by atoms with van der Waals surface area (Å²) in [6.45, 7) is 5.32. The average molecular weight is 115 g/mol. The third-order valence-electron chi connectivity index (χ3n) is 0.610. The van der Waals surface area contributed by atoms with Gasteiger partial charge in [-0.2, -0.15) is 0 Å². The summed E-state index contributed by atoms with van der Waals surface area (Å²) < 4.78 is 0. The van der Waals surface area contributed by atoms with Crippen molar-refractivity contribution in [3.8, 4) is 0 Å². The van der Waals surface area contributed by atoms with Gasteiger partial charge >= 0.3 is 0 Å². The van der Waals surface area contributed by atoms with Crippen molar-refractivity contribution in [1.82, 2.24) is 0 Å². The zero-order chi connectivity index (χ0) is 5.70. The van der Waals surface area contributed by atoms with Gasteiger partial charge in [0.15, 0.2) is 0 Å². The van der Waals surface area contributed by atoms with Gasteiger partial charge in [-0.3, -0.25) is 0 Å². The number of oxime groups is 1. The Bertz CT molecular complexity index is 89.7. The molecule has 0 spiro atoms. The van der Waals surface area contributed by atoms with E-state index >= 15 is 0 Å². The second kappa shape index (κ2) is 3.61. The fourth-order valence-electron chi connectivity index (χ4n) is 0.250. The predicted molar refractivity (Wildman–Crippen MR) is 33.6 cm³/mol. The van der Waals surface area contributed by atoms with Crippen LogP contribution in [0.15, 0.2) is 17.4 Å². The molecule has 0 heterocycles. The molecule has 3 heteroatoms. The van der Waals surface area contributed by atoms with Gasteiger partial charge < -0.3 is 5.21 Å². The van der Waals surface area contributed by atoms with Crippen LogP contribution in [0.4, 0.5) is 0 Å². The molecule has 0 aliphatic carbocycles. The summed E-state index contributed by atoms with van der Waals surface area (Å²) in [6, 6.07) is 0. The SMILES string of the molecule is C=C[SiH2]C(C)=NO. The van der Waals surface area contributed by atoms with E-state index in [-0.39, 0.29) is 0 Å². The van der Waals surface area contributed by atoms with Crippen LogP contribution in [0.2, 0.25) is 0 Å². The molecule has 0 aliphatic rings. The van der Waals surface area contributed by atoms with Gasteiger partial charge in [-0.15, -0.1) is 17.4 Å². The third-order valence-corrected chi connectivity index (χ3v) is 1.63. The summed E-state index contributed by atoms with van der Waals surface area (Å²) in [4.78, 5) is 0. The van der Waals surface area contributed by atoms with Crippen LogP contribution in [0.5, 0.6) is 0 Å². The standard InChI is InChI=1S/C4H9NOSi/c1-3-7-4(2)5-6/h3,6H,1,7H2,2H3. The Balaban J connectivity index is 3.36. The Morgan fingerprint density at radius 2 is 2.57 bits per heavy atom. The van der Waals surface area contributed by atoms with E-state index in [0.29, 0.717) is 0 Å². The molecule has 0 radical (unpaired) electrons. The van der Waals surface area contributed by atoms with Crippen LogP contribution in [0, 0.1) is 0 Å². The lowest BCUT2D eigenvalue weighted by atomic mass is 10.9. The van der Waals surface area contributed by atoms with Crippen molar-refractivity contribution < 1.29 is 5.21 Å². The van der Waals surface area contributed by atoms with Crippen LogP contribution in [0.25, 0.3) is 0 Å². The summed E-state index contributed by atoms with van der Waals surface area (Å²) >= 11 is 0. The summed E-state index contributed by atoms with van der Waals surface area (Å²) in [5.41, 5.74) is 1.83. The van der Waals surface area contributed by atoms with E-state index in [0.717, 1.165) is 5.33 Å². The maximum Gasteiger partial charge on any atom is 0.0998 e. The minimum atomic E-state index is -0.390. The highest BCUT2D eigenvalue weighted by atomic mass is 28.2. The van der Waals surface area contributed by atoms with E-state index in [1.54, 1.807) is 6.92 Å². The van der Waals surface area contributed by atoms with Gasteiger partial charge in [0.25, 0.3) is 0 Å². The minimum absolute atomic E-state index is 0.390. The normalized spacial score (nSPS) is 13.0. The molecule has 0 saturated carbocycles. The van der Waals surface area contributed by atoms with E-state index in [1.807, 2.05) is 5.70 Å². The van der Waals surface area contributed by atoms with Crippen molar-refractivity contribution in [2.75, 3.05) is 0 Å². The monoisotopic (exact) mass is 115 g/mol. The second-order valence-electron chi connectivity index (χ2n) is 1.33. The summed E-state index contributed by atoms with van der Waals surface area (Å²) in [7, 11) is -0.390. The predicted octanol–water partition coefficient (Wildman–Crippen LogP) is 0.106. The molecule has 0 amide bonds. The van der Waals surface area contributed by atoms with Crippen LogP contribution in [0.3, 0.4) is 0 Å². The van der Waals surface area contributed by atoms with E-state index in [9.17, 15) is 0 Å². The van der Waals surface area contributed by atoms with Crippen LogP contribution in [0.1, 0.15) is 6.92 Å². The molecule has 0 atom stereocenters. The first kappa shape index (κ1) is 6.43. The first-order valence-corrected chi connectivity index (χ1v) is 3.62. The first-order valence-electron chi connectivity index (χ1n) is 2.09. The molecule has 0 rings (SSSR count). The molecule has 2 nitrogen and oxygen atoms in total. The lowest BCUT2D eigenvalue weighted by Crippen LogP contribution is -1.99. The largest absolute Gasteiger partial charge is 0.411 e. The van der Waals surface area contributed by atoms with E-state index in [2.05, 4.69) is 11.7 Å². The number of nitrogens with zero attached hydrogens (tertiary/aromatic N) is 1. The quantitative estimate of drug-likeness (QED) is 0.235. The summed E-state index contributed by atoms with van der Waals surface area (Å²) in [5, 5.41) is 11.9.